The van der Waals surface area contributed by atoms with Gasteiger partial charge in [-0.15, -0.1) is 0 Å². The first-order valence-electron chi connectivity index (χ1n) is 5.31. The van der Waals surface area contributed by atoms with Gasteiger partial charge in [-0.2, -0.15) is 8.42 Å². The molecule has 1 aliphatic heterocycles. The van der Waals surface area contributed by atoms with Crippen molar-refractivity contribution in [2.24, 2.45) is 0 Å². The highest BCUT2D eigenvalue weighted by atomic mass is 32.2. The predicted octanol–water partition coefficient (Wildman–Crippen LogP) is -0.463. The molecule has 0 saturated carbocycles. The predicted molar refractivity (Wildman–Crippen MR) is 61.1 cm³/mol. The molecule has 0 fully saturated rings. The molecular weight excluding hydrogens is 262 g/mol. The zero-order chi connectivity index (χ0) is 13.8. The van der Waals surface area contributed by atoms with E-state index in [1.807, 2.05) is 0 Å². The van der Waals surface area contributed by atoms with Crippen LogP contribution in [0, 0.1) is 0 Å². The number of imide groups is 1. The fourth-order valence-electron chi connectivity index (χ4n) is 1.55. The van der Waals surface area contributed by atoms with Crippen molar-refractivity contribution in [3.8, 4) is 0 Å². The summed E-state index contributed by atoms with van der Waals surface area (Å²) in [5, 5.41) is -1.44. The van der Waals surface area contributed by atoms with E-state index in [1.54, 1.807) is 0 Å². The smallest absolute Gasteiger partial charge is 0.274 e. The zero-order valence-corrected chi connectivity index (χ0v) is 10.3. The van der Waals surface area contributed by atoms with Crippen molar-refractivity contribution >= 4 is 28.2 Å². The van der Waals surface area contributed by atoms with Crippen molar-refractivity contribution in [3.63, 3.8) is 0 Å². The van der Waals surface area contributed by atoms with Crippen molar-refractivity contribution in [2.45, 2.75) is 24.5 Å². The fourth-order valence-corrected chi connectivity index (χ4v) is 2.16. The average molecular weight is 275 g/mol. The standard InChI is InChI=1S/C10H13NO6S/c12-7-8(18(15,16)17)3-1-2-6-11-9(13)4-5-10(11)14/h4-5,7-8H,1-3,6H2,(H,15,16,17). The van der Waals surface area contributed by atoms with Crippen LogP contribution in [0.15, 0.2) is 12.2 Å². The van der Waals surface area contributed by atoms with E-state index in [0.717, 1.165) is 17.1 Å². The van der Waals surface area contributed by atoms with Gasteiger partial charge in [0.15, 0.2) is 0 Å². The van der Waals surface area contributed by atoms with E-state index in [9.17, 15) is 22.8 Å². The van der Waals surface area contributed by atoms with Gasteiger partial charge >= 0.3 is 0 Å². The van der Waals surface area contributed by atoms with E-state index in [4.69, 9.17) is 4.55 Å². The van der Waals surface area contributed by atoms with E-state index in [1.165, 1.54) is 0 Å². The molecule has 8 heteroatoms. The number of amides is 2. The van der Waals surface area contributed by atoms with Crippen LogP contribution in [0.5, 0.6) is 0 Å². The number of aldehydes is 1. The summed E-state index contributed by atoms with van der Waals surface area (Å²) in [6, 6.07) is 0. The van der Waals surface area contributed by atoms with Crippen LogP contribution in [0.25, 0.3) is 0 Å². The molecule has 1 N–H and O–H groups in total. The second-order valence-electron chi connectivity index (χ2n) is 3.85. The summed E-state index contributed by atoms with van der Waals surface area (Å²) in [5.74, 6) is -0.802. The Morgan fingerprint density at radius 2 is 1.78 bits per heavy atom. The van der Waals surface area contributed by atoms with Gasteiger partial charge in [-0.25, -0.2) is 0 Å². The number of rotatable bonds is 7. The van der Waals surface area contributed by atoms with Gasteiger partial charge in [-0.1, -0.05) is 0 Å². The molecule has 1 unspecified atom stereocenters. The zero-order valence-electron chi connectivity index (χ0n) is 9.48. The Labute approximate surface area is 104 Å². The van der Waals surface area contributed by atoms with E-state index in [2.05, 4.69) is 0 Å². The summed E-state index contributed by atoms with van der Waals surface area (Å²) in [4.78, 5) is 33.8. The molecule has 0 aromatic carbocycles. The van der Waals surface area contributed by atoms with Crippen LogP contribution in [-0.4, -0.2) is 47.8 Å². The normalized spacial score (nSPS) is 17.3. The summed E-state index contributed by atoms with van der Waals surface area (Å²) >= 11 is 0. The Balaban J connectivity index is 2.33. The molecule has 0 radical (unpaired) electrons. The summed E-state index contributed by atoms with van der Waals surface area (Å²) in [7, 11) is -4.36. The molecule has 7 nitrogen and oxygen atoms in total. The molecular formula is C10H13NO6S. The van der Waals surface area contributed by atoms with Gasteiger partial charge in [0.1, 0.15) is 11.5 Å². The Kier molecular flexibility index (Phi) is 4.74. The Hall–Kier alpha value is -1.54. The van der Waals surface area contributed by atoms with Gasteiger partial charge in [0.25, 0.3) is 21.9 Å². The van der Waals surface area contributed by atoms with E-state index >= 15 is 0 Å². The summed E-state index contributed by atoms with van der Waals surface area (Å²) in [6.07, 6.45) is 3.14. The minimum Gasteiger partial charge on any atom is -0.302 e. The van der Waals surface area contributed by atoms with Crippen LogP contribution in [0.2, 0.25) is 0 Å². The Bertz CT molecular complexity index is 463. The minimum atomic E-state index is -4.36. The molecule has 0 bridgehead atoms. The lowest BCUT2D eigenvalue weighted by molar-refractivity contribution is -0.136. The van der Waals surface area contributed by atoms with E-state index in [-0.39, 0.29) is 19.3 Å². The lowest BCUT2D eigenvalue weighted by atomic mass is 10.2. The Morgan fingerprint density at radius 3 is 2.22 bits per heavy atom. The van der Waals surface area contributed by atoms with Crippen LogP contribution >= 0.6 is 0 Å². The largest absolute Gasteiger partial charge is 0.302 e. The van der Waals surface area contributed by atoms with Crippen molar-refractivity contribution in [3.05, 3.63) is 12.2 Å². The number of carbonyl (C=O) groups excluding carboxylic acids is 3. The maximum atomic E-state index is 11.2. The second kappa shape index (κ2) is 5.87. The Morgan fingerprint density at radius 1 is 1.22 bits per heavy atom. The number of unbranched alkanes of at least 4 members (excludes halogenated alkanes) is 1. The van der Waals surface area contributed by atoms with Crippen LogP contribution in [-0.2, 0) is 24.5 Å². The van der Waals surface area contributed by atoms with Crippen molar-refractivity contribution < 1.29 is 27.4 Å². The summed E-state index contributed by atoms with van der Waals surface area (Å²) in [5.41, 5.74) is 0. The van der Waals surface area contributed by atoms with E-state index < -0.39 is 27.2 Å². The minimum absolute atomic E-state index is 0.0357. The molecule has 0 aromatic heterocycles. The second-order valence-corrected chi connectivity index (χ2v) is 5.48. The first kappa shape index (κ1) is 14.5. The highest BCUT2D eigenvalue weighted by Crippen LogP contribution is 2.10. The van der Waals surface area contributed by atoms with Crippen molar-refractivity contribution in [2.75, 3.05) is 6.54 Å². The SMILES string of the molecule is O=CC(CCCCN1C(=O)C=CC1=O)S(=O)(=O)O. The molecule has 0 aliphatic carbocycles. The third-order valence-corrected chi connectivity index (χ3v) is 3.67. The number of carbonyl (C=O) groups is 3. The third kappa shape index (κ3) is 3.74. The van der Waals surface area contributed by atoms with Gasteiger partial charge < -0.3 is 4.79 Å². The maximum absolute atomic E-state index is 11.2. The van der Waals surface area contributed by atoms with Gasteiger partial charge in [-0.05, 0) is 19.3 Å². The van der Waals surface area contributed by atoms with Crippen LogP contribution in [0.1, 0.15) is 19.3 Å². The highest BCUT2D eigenvalue weighted by molar-refractivity contribution is 7.87. The highest BCUT2D eigenvalue weighted by Gasteiger charge is 2.24. The number of nitrogens with zero attached hydrogens (tertiary/aromatic N) is 1. The lowest BCUT2D eigenvalue weighted by Gasteiger charge is -2.13. The van der Waals surface area contributed by atoms with Crippen molar-refractivity contribution in [1.82, 2.24) is 4.90 Å². The summed E-state index contributed by atoms with van der Waals surface area (Å²) in [6.45, 7) is 0.168. The molecule has 0 aromatic rings. The number of hydrogen-bond donors (Lipinski definition) is 1. The molecule has 1 atom stereocenters. The first-order chi connectivity index (χ1) is 8.36. The molecule has 18 heavy (non-hydrogen) atoms. The van der Waals surface area contributed by atoms with Crippen LogP contribution in [0.3, 0.4) is 0 Å². The quantitative estimate of drug-likeness (QED) is 0.291. The monoisotopic (exact) mass is 275 g/mol. The average Bonchev–Trinajstić information content (AvgIpc) is 2.58. The molecule has 2 amide bonds. The van der Waals surface area contributed by atoms with Crippen LogP contribution in [0.4, 0.5) is 0 Å². The third-order valence-electron chi connectivity index (χ3n) is 2.56. The number of hydrogen-bond acceptors (Lipinski definition) is 5. The lowest BCUT2D eigenvalue weighted by Crippen LogP contribution is -2.31. The molecule has 100 valence electrons. The fraction of sp³-hybridized carbons (Fsp3) is 0.500. The molecule has 1 aliphatic rings. The maximum Gasteiger partial charge on any atom is 0.274 e. The van der Waals surface area contributed by atoms with Gasteiger partial charge in [0, 0.05) is 18.7 Å². The molecule has 1 heterocycles. The van der Waals surface area contributed by atoms with Gasteiger partial charge in [0.2, 0.25) is 0 Å². The summed E-state index contributed by atoms with van der Waals surface area (Å²) < 4.78 is 30.1. The van der Waals surface area contributed by atoms with Gasteiger partial charge in [-0.3, -0.25) is 19.0 Å². The first-order valence-corrected chi connectivity index (χ1v) is 6.81. The van der Waals surface area contributed by atoms with E-state index in [0.29, 0.717) is 12.8 Å². The van der Waals surface area contributed by atoms with Crippen molar-refractivity contribution in [1.29, 1.82) is 0 Å². The molecule has 1 rings (SSSR count). The molecule has 0 spiro atoms. The van der Waals surface area contributed by atoms with Crippen LogP contribution < -0.4 is 0 Å². The van der Waals surface area contributed by atoms with Gasteiger partial charge in [0.05, 0.1) is 0 Å². The molecule has 0 saturated heterocycles. The topological polar surface area (TPSA) is 109 Å².